The first kappa shape index (κ1) is 15.2. The molecule has 1 heterocycles. The molecule has 23 heavy (non-hydrogen) atoms. The van der Waals surface area contributed by atoms with Gasteiger partial charge in [-0.15, -0.1) is 0 Å². The molecule has 4 heteroatoms. The van der Waals surface area contributed by atoms with Crippen LogP contribution in [0.5, 0.6) is 11.5 Å². The lowest BCUT2D eigenvalue weighted by molar-refractivity contribution is -0.687. The minimum absolute atomic E-state index is 0.847. The molecule has 0 spiro atoms. The van der Waals surface area contributed by atoms with Crippen LogP contribution in [0.1, 0.15) is 11.1 Å². The van der Waals surface area contributed by atoms with Crippen molar-refractivity contribution in [1.29, 1.82) is 0 Å². The fourth-order valence-electron chi connectivity index (χ4n) is 2.51. The summed E-state index contributed by atoms with van der Waals surface area (Å²) in [7, 11) is 3.37. The Hall–Kier alpha value is -2.75. The zero-order valence-electron chi connectivity index (χ0n) is 13.5. The average Bonchev–Trinajstić information content (AvgIpc) is 3.03. The third-order valence-electron chi connectivity index (χ3n) is 3.79. The number of hydrogen-bond acceptors (Lipinski definition) is 2. The van der Waals surface area contributed by atoms with Crippen molar-refractivity contribution in [3.63, 3.8) is 0 Å². The van der Waals surface area contributed by atoms with E-state index in [1.165, 1.54) is 11.1 Å². The van der Waals surface area contributed by atoms with Gasteiger partial charge in [-0.2, -0.15) is 0 Å². The van der Waals surface area contributed by atoms with E-state index >= 15 is 0 Å². The molecule has 0 aliphatic heterocycles. The summed E-state index contributed by atoms with van der Waals surface area (Å²) in [5.41, 5.74) is 2.50. The maximum atomic E-state index is 5.19. The van der Waals surface area contributed by atoms with Crippen LogP contribution in [0.15, 0.2) is 67.3 Å². The lowest BCUT2D eigenvalue weighted by Gasteiger charge is -2.02. The van der Waals surface area contributed by atoms with Crippen LogP contribution < -0.4 is 14.0 Å². The number of benzene rings is 2. The van der Waals surface area contributed by atoms with Gasteiger partial charge in [-0.05, 0) is 35.4 Å². The maximum absolute atomic E-state index is 5.19. The molecule has 0 aliphatic rings. The van der Waals surface area contributed by atoms with E-state index in [1.54, 1.807) is 14.2 Å². The van der Waals surface area contributed by atoms with Gasteiger partial charge in [0.25, 0.3) is 0 Å². The number of methoxy groups -OCH3 is 2. The van der Waals surface area contributed by atoms with Crippen molar-refractivity contribution in [3.05, 3.63) is 78.4 Å². The first-order chi connectivity index (χ1) is 11.3. The second kappa shape index (κ2) is 7.01. The smallest absolute Gasteiger partial charge is 0.244 e. The fraction of sp³-hybridized carbons (Fsp3) is 0.211. The van der Waals surface area contributed by atoms with E-state index in [0.29, 0.717) is 0 Å². The van der Waals surface area contributed by atoms with Crippen LogP contribution in [0.4, 0.5) is 0 Å². The minimum Gasteiger partial charge on any atom is -0.497 e. The number of hydrogen-bond donors (Lipinski definition) is 0. The van der Waals surface area contributed by atoms with Crippen LogP contribution >= 0.6 is 0 Å². The normalized spacial score (nSPS) is 10.5. The average molecular weight is 309 g/mol. The molecule has 2 aromatic carbocycles. The van der Waals surface area contributed by atoms with Crippen LogP contribution in [-0.4, -0.2) is 18.8 Å². The third kappa shape index (κ3) is 3.92. The Morgan fingerprint density at radius 2 is 1.39 bits per heavy atom. The summed E-state index contributed by atoms with van der Waals surface area (Å²) in [5.74, 6) is 1.77. The molecule has 0 radical (unpaired) electrons. The summed E-state index contributed by atoms with van der Waals surface area (Å²) in [6.07, 6.45) is 6.30. The second-order valence-electron chi connectivity index (χ2n) is 5.45. The van der Waals surface area contributed by atoms with E-state index in [2.05, 4.69) is 52.1 Å². The van der Waals surface area contributed by atoms with Gasteiger partial charge in [-0.1, -0.05) is 24.3 Å². The largest absolute Gasteiger partial charge is 0.497 e. The molecule has 0 N–H and O–H groups in total. The zero-order valence-corrected chi connectivity index (χ0v) is 13.5. The van der Waals surface area contributed by atoms with Crippen molar-refractivity contribution in [2.75, 3.05) is 14.2 Å². The van der Waals surface area contributed by atoms with Gasteiger partial charge in [0.1, 0.15) is 37.0 Å². The molecule has 0 fully saturated rings. The van der Waals surface area contributed by atoms with Crippen LogP contribution in [0.3, 0.4) is 0 Å². The summed E-state index contributed by atoms with van der Waals surface area (Å²) < 4.78 is 14.7. The number of ether oxygens (including phenoxy) is 2. The van der Waals surface area contributed by atoms with Gasteiger partial charge >= 0.3 is 0 Å². The standard InChI is InChI=1S/C19H21N2O2/c1-22-18-7-3-16(4-8-18)13-20-11-12-21(15-20)14-17-5-9-19(23-2)10-6-17/h3-12,15H,13-14H2,1-2H3/q+1. The Labute approximate surface area is 136 Å². The number of nitrogens with zero attached hydrogens (tertiary/aromatic N) is 2. The Morgan fingerprint density at radius 1 is 0.826 bits per heavy atom. The van der Waals surface area contributed by atoms with E-state index in [4.69, 9.17) is 9.47 Å². The molecule has 0 bridgehead atoms. The van der Waals surface area contributed by atoms with Gasteiger partial charge in [0, 0.05) is 0 Å². The van der Waals surface area contributed by atoms with Crippen LogP contribution in [0, 0.1) is 0 Å². The Kier molecular flexibility index (Phi) is 4.62. The molecule has 0 aliphatic carbocycles. The van der Waals surface area contributed by atoms with Crippen molar-refractivity contribution in [1.82, 2.24) is 4.57 Å². The van der Waals surface area contributed by atoms with Gasteiger partial charge in [0.05, 0.1) is 14.2 Å². The molecule has 0 amide bonds. The highest BCUT2D eigenvalue weighted by molar-refractivity contribution is 5.27. The van der Waals surface area contributed by atoms with E-state index in [0.717, 1.165) is 24.6 Å². The maximum Gasteiger partial charge on any atom is 0.244 e. The lowest BCUT2D eigenvalue weighted by Crippen LogP contribution is -2.31. The Balaban J connectivity index is 1.64. The van der Waals surface area contributed by atoms with E-state index < -0.39 is 0 Å². The molecule has 0 atom stereocenters. The molecule has 1 aromatic heterocycles. The van der Waals surface area contributed by atoms with E-state index in [-0.39, 0.29) is 0 Å². The van der Waals surface area contributed by atoms with Crippen molar-refractivity contribution < 1.29 is 14.0 Å². The molecule has 3 rings (SSSR count). The Morgan fingerprint density at radius 3 is 1.96 bits per heavy atom. The Bertz CT molecular complexity index is 682. The second-order valence-corrected chi connectivity index (χ2v) is 5.45. The van der Waals surface area contributed by atoms with Crippen molar-refractivity contribution >= 4 is 0 Å². The molecule has 4 nitrogen and oxygen atoms in total. The van der Waals surface area contributed by atoms with E-state index in [9.17, 15) is 0 Å². The lowest BCUT2D eigenvalue weighted by atomic mass is 10.2. The first-order valence-electron chi connectivity index (χ1n) is 7.57. The molecule has 3 aromatic rings. The van der Waals surface area contributed by atoms with Gasteiger partial charge in [0.2, 0.25) is 6.33 Å². The predicted octanol–water partition coefficient (Wildman–Crippen LogP) is 2.89. The van der Waals surface area contributed by atoms with Crippen molar-refractivity contribution in [2.45, 2.75) is 13.1 Å². The van der Waals surface area contributed by atoms with Gasteiger partial charge < -0.3 is 9.47 Å². The highest BCUT2D eigenvalue weighted by Gasteiger charge is 2.06. The zero-order chi connectivity index (χ0) is 16.1. The van der Waals surface area contributed by atoms with Crippen LogP contribution in [-0.2, 0) is 13.1 Å². The van der Waals surface area contributed by atoms with Crippen LogP contribution in [0.25, 0.3) is 0 Å². The molecule has 118 valence electrons. The topological polar surface area (TPSA) is 27.3 Å². The summed E-state index contributed by atoms with van der Waals surface area (Å²) in [6.45, 7) is 1.69. The molecular formula is C19H21N2O2+. The summed E-state index contributed by atoms with van der Waals surface area (Å²) >= 11 is 0. The highest BCUT2D eigenvalue weighted by Crippen LogP contribution is 2.13. The minimum atomic E-state index is 0.847. The highest BCUT2D eigenvalue weighted by atomic mass is 16.5. The quantitative estimate of drug-likeness (QED) is 0.655. The van der Waals surface area contributed by atoms with Gasteiger partial charge in [-0.25, -0.2) is 9.13 Å². The van der Waals surface area contributed by atoms with Crippen molar-refractivity contribution in [2.24, 2.45) is 0 Å². The van der Waals surface area contributed by atoms with Crippen LogP contribution in [0.2, 0.25) is 0 Å². The summed E-state index contributed by atoms with van der Waals surface area (Å²) in [5, 5.41) is 0. The number of rotatable bonds is 6. The molecule has 0 saturated heterocycles. The predicted molar refractivity (Wildman–Crippen MR) is 88.8 cm³/mol. The fourth-order valence-corrected chi connectivity index (χ4v) is 2.51. The summed E-state index contributed by atoms with van der Waals surface area (Å²) in [4.78, 5) is 0. The molecular weight excluding hydrogens is 288 g/mol. The van der Waals surface area contributed by atoms with Gasteiger partial charge in [-0.3, -0.25) is 0 Å². The number of imidazole rings is 1. The van der Waals surface area contributed by atoms with E-state index in [1.807, 2.05) is 24.3 Å². The third-order valence-corrected chi connectivity index (χ3v) is 3.79. The first-order valence-corrected chi connectivity index (χ1v) is 7.57. The van der Waals surface area contributed by atoms with Crippen molar-refractivity contribution in [3.8, 4) is 11.5 Å². The molecule has 0 saturated carbocycles. The summed E-state index contributed by atoms with van der Waals surface area (Å²) in [6, 6.07) is 16.3. The van der Waals surface area contributed by atoms with Gasteiger partial charge in [0.15, 0.2) is 0 Å². The SMILES string of the molecule is COc1ccc(Cn2cc[n+](Cc3ccc(OC)cc3)c2)cc1. The molecule has 0 unspecified atom stereocenters. The monoisotopic (exact) mass is 309 g/mol. The number of aromatic nitrogens is 2.